The Morgan fingerprint density at radius 2 is 2.04 bits per heavy atom. The maximum absolute atomic E-state index is 12.0. The first-order valence-electron chi connectivity index (χ1n) is 7.60. The largest absolute Gasteiger partial charge is 0.420 e. The van der Waals surface area contributed by atoms with Crippen molar-refractivity contribution < 1.29 is 12.8 Å². The highest BCUT2D eigenvalue weighted by Crippen LogP contribution is 2.29. The van der Waals surface area contributed by atoms with E-state index in [0.717, 1.165) is 12.8 Å². The minimum Gasteiger partial charge on any atom is -0.420 e. The Bertz CT molecular complexity index is 772. The zero-order valence-electron chi connectivity index (χ0n) is 13.1. The van der Waals surface area contributed by atoms with Crippen LogP contribution in [0.2, 0.25) is 0 Å². The van der Waals surface area contributed by atoms with E-state index in [1.165, 1.54) is 4.31 Å². The molecule has 0 amide bonds. The molecule has 124 valence electrons. The van der Waals surface area contributed by atoms with Gasteiger partial charge in [0.25, 0.3) is 5.89 Å². The third-order valence-electron chi connectivity index (χ3n) is 3.96. The third-order valence-corrected chi connectivity index (χ3v) is 5.81. The number of hydrogen-bond donors (Lipinski definition) is 0. The highest BCUT2D eigenvalue weighted by molar-refractivity contribution is 7.89. The number of aromatic nitrogens is 4. The molecule has 0 bridgehead atoms. The van der Waals surface area contributed by atoms with Gasteiger partial charge in [-0.3, -0.25) is 0 Å². The average molecular weight is 337 g/mol. The first-order chi connectivity index (χ1) is 11.0. The lowest BCUT2D eigenvalue weighted by Gasteiger charge is -2.29. The second-order valence-corrected chi connectivity index (χ2v) is 7.82. The Morgan fingerprint density at radius 3 is 2.74 bits per heavy atom. The van der Waals surface area contributed by atoms with Crippen LogP contribution < -0.4 is 0 Å². The van der Waals surface area contributed by atoms with Crippen molar-refractivity contribution in [3.05, 3.63) is 24.1 Å². The quantitative estimate of drug-likeness (QED) is 0.830. The van der Waals surface area contributed by atoms with Crippen molar-refractivity contribution in [2.45, 2.75) is 32.6 Å². The molecule has 1 aliphatic rings. The molecule has 1 saturated heterocycles. The Labute approximate surface area is 135 Å². The van der Waals surface area contributed by atoms with Crippen LogP contribution in [0.3, 0.4) is 0 Å². The van der Waals surface area contributed by atoms with Gasteiger partial charge in [-0.1, -0.05) is 0 Å². The van der Waals surface area contributed by atoms with Crippen molar-refractivity contribution in [1.82, 2.24) is 24.5 Å². The van der Waals surface area contributed by atoms with E-state index in [1.807, 2.05) is 0 Å². The second-order valence-electron chi connectivity index (χ2n) is 5.56. The molecule has 8 nitrogen and oxygen atoms in total. The van der Waals surface area contributed by atoms with E-state index in [4.69, 9.17) is 4.42 Å². The third kappa shape index (κ3) is 3.40. The van der Waals surface area contributed by atoms with Crippen molar-refractivity contribution in [2.75, 3.05) is 18.8 Å². The lowest BCUT2D eigenvalue weighted by molar-refractivity contribution is 0.286. The van der Waals surface area contributed by atoms with Crippen LogP contribution >= 0.6 is 0 Å². The first-order valence-corrected chi connectivity index (χ1v) is 9.20. The zero-order valence-corrected chi connectivity index (χ0v) is 14.0. The van der Waals surface area contributed by atoms with E-state index < -0.39 is 10.0 Å². The molecule has 1 atom stereocenters. The fourth-order valence-electron chi connectivity index (χ4n) is 2.60. The molecule has 2 aromatic heterocycles. The van der Waals surface area contributed by atoms with Crippen molar-refractivity contribution >= 4 is 10.0 Å². The van der Waals surface area contributed by atoms with Crippen LogP contribution in [-0.2, 0) is 10.0 Å². The fourth-order valence-corrected chi connectivity index (χ4v) is 3.78. The van der Waals surface area contributed by atoms with Gasteiger partial charge in [0.1, 0.15) is 5.82 Å². The van der Waals surface area contributed by atoms with Crippen molar-refractivity contribution in [3.8, 4) is 11.5 Å². The standard InChI is InChI=1S/C14H19N5O3S/c1-3-23(20,21)19-6-4-5-11(9-19)13-17-18-14(22-13)12-7-15-10(2)16-8-12/h7-8,11H,3-6,9H2,1-2H3. The maximum Gasteiger partial charge on any atom is 0.250 e. The van der Waals surface area contributed by atoms with Crippen LogP contribution in [0.4, 0.5) is 0 Å². The highest BCUT2D eigenvalue weighted by Gasteiger charge is 2.31. The van der Waals surface area contributed by atoms with Gasteiger partial charge in [0.05, 0.1) is 17.2 Å². The van der Waals surface area contributed by atoms with E-state index in [9.17, 15) is 8.42 Å². The molecule has 0 radical (unpaired) electrons. The van der Waals surface area contributed by atoms with Crippen LogP contribution in [0.25, 0.3) is 11.5 Å². The Hall–Kier alpha value is -1.87. The fraction of sp³-hybridized carbons (Fsp3) is 0.571. The van der Waals surface area contributed by atoms with Crippen molar-refractivity contribution in [1.29, 1.82) is 0 Å². The molecule has 0 aliphatic carbocycles. The van der Waals surface area contributed by atoms with E-state index in [2.05, 4.69) is 20.2 Å². The summed E-state index contributed by atoms with van der Waals surface area (Å²) < 4.78 is 31.3. The van der Waals surface area contributed by atoms with Gasteiger partial charge in [-0.15, -0.1) is 10.2 Å². The maximum atomic E-state index is 12.0. The van der Waals surface area contributed by atoms with Crippen LogP contribution in [0, 0.1) is 6.92 Å². The Balaban J connectivity index is 1.79. The molecule has 1 aliphatic heterocycles. The lowest BCUT2D eigenvalue weighted by Crippen LogP contribution is -2.39. The van der Waals surface area contributed by atoms with Gasteiger partial charge >= 0.3 is 0 Å². The lowest BCUT2D eigenvalue weighted by atomic mass is 10.00. The summed E-state index contributed by atoms with van der Waals surface area (Å²) in [4.78, 5) is 8.21. The normalized spacial score (nSPS) is 19.8. The molecular formula is C14H19N5O3S. The van der Waals surface area contributed by atoms with Gasteiger partial charge in [0.2, 0.25) is 15.9 Å². The van der Waals surface area contributed by atoms with Gasteiger partial charge in [0.15, 0.2) is 0 Å². The molecule has 0 aromatic carbocycles. The summed E-state index contributed by atoms with van der Waals surface area (Å²) in [5.74, 6) is 1.53. The number of piperidine rings is 1. The minimum atomic E-state index is -3.19. The van der Waals surface area contributed by atoms with E-state index in [1.54, 1.807) is 26.2 Å². The number of rotatable bonds is 4. The van der Waals surface area contributed by atoms with Crippen LogP contribution in [0.15, 0.2) is 16.8 Å². The Morgan fingerprint density at radius 1 is 1.30 bits per heavy atom. The molecule has 0 saturated carbocycles. The summed E-state index contributed by atoms with van der Waals surface area (Å²) in [5.41, 5.74) is 0.656. The van der Waals surface area contributed by atoms with E-state index >= 15 is 0 Å². The average Bonchev–Trinajstić information content (AvgIpc) is 3.06. The summed E-state index contributed by atoms with van der Waals surface area (Å²) >= 11 is 0. The summed E-state index contributed by atoms with van der Waals surface area (Å²) in [6.45, 7) is 4.40. The molecule has 3 heterocycles. The minimum absolute atomic E-state index is 0.0716. The molecule has 0 N–H and O–H groups in total. The topological polar surface area (TPSA) is 102 Å². The molecule has 23 heavy (non-hydrogen) atoms. The van der Waals surface area contributed by atoms with Crippen molar-refractivity contribution in [2.24, 2.45) is 0 Å². The van der Waals surface area contributed by atoms with E-state index in [0.29, 0.717) is 36.3 Å². The van der Waals surface area contributed by atoms with E-state index in [-0.39, 0.29) is 11.7 Å². The second kappa shape index (κ2) is 6.32. The Kier molecular flexibility index (Phi) is 4.40. The summed E-state index contributed by atoms with van der Waals surface area (Å²) in [6, 6.07) is 0. The molecule has 3 rings (SSSR count). The molecule has 9 heteroatoms. The number of aryl methyl sites for hydroxylation is 1. The van der Waals surface area contributed by atoms with Crippen molar-refractivity contribution in [3.63, 3.8) is 0 Å². The predicted octanol–water partition coefficient (Wildman–Crippen LogP) is 1.36. The molecule has 1 fully saturated rings. The van der Waals surface area contributed by atoms with Crippen LogP contribution in [0.1, 0.15) is 37.4 Å². The van der Waals surface area contributed by atoms with Gasteiger partial charge < -0.3 is 4.42 Å². The SMILES string of the molecule is CCS(=O)(=O)N1CCCC(c2nnc(-c3cnc(C)nc3)o2)C1. The monoisotopic (exact) mass is 337 g/mol. The predicted molar refractivity (Wildman–Crippen MR) is 83.1 cm³/mol. The first kappa shape index (κ1) is 16.0. The van der Waals surface area contributed by atoms with Gasteiger partial charge in [-0.2, -0.15) is 0 Å². The highest BCUT2D eigenvalue weighted by atomic mass is 32.2. The van der Waals surface area contributed by atoms with Gasteiger partial charge in [0, 0.05) is 25.5 Å². The summed E-state index contributed by atoms with van der Waals surface area (Å²) in [7, 11) is -3.19. The van der Waals surface area contributed by atoms with Crippen LogP contribution in [0.5, 0.6) is 0 Å². The zero-order chi connectivity index (χ0) is 16.4. The van der Waals surface area contributed by atoms with Gasteiger partial charge in [-0.05, 0) is 26.7 Å². The number of hydrogen-bond acceptors (Lipinski definition) is 7. The number of sulfonamides is 1. The molecule has 2 aromatic rings. The summed E-state index contributed by atoms with van der Waals surface area (Å²) in [5, 5.41) is 8.12. The summed E-state index contributed by atoms with van der Waals surface area (Å²) in [6.07, 6.45) is 4.89. The number of nitrogens with zero attached hydrogens (tertiary/aromatic N) is 5. The smallest absolute Gasteiger partial charge is 0.250 e. The molecule has 0 spiro atoms. The van der Waals surface area contributed by atoms with Crippen LogP contribution in [-0.4, -0.2) is 51.7 Å². The van der Waals surface area contributed by atoms with Gasteiger partial charge in [-0.25, -0.2) is 22.7 Å². The molecular weight excluding hydrogens is 318 g/mol. The molecule has 1 unspecified atom stereocenters.